The Labute approximate surface area is 165 Å². The van der Waals surface area contributed by atoms with Gasteiger partial charge in [-0.05, 0) is 62.6 Å². The Morgan fingerprint density at radius 2 is 2.00 bits per heavy atom. The number of nitrogens with zero attached hydrogens (tertiary/aromatic N) is 1. The molecule has 1 unspecified atom stereocenters. The summed E-state index contributed by atoms with van der Waals surface area (Å²) in [6, 6.07) is 3.80. The number of piperidine rings is 1. The van der Waals surface area contributed by atoms with Crippen LogP contribution in [0.3, 0.4) is 0 Å². The minimum absolute atomic E-state index is 0. The smallest absolute Gasteiger partial charge is 0.165 e. The van der Waals surface area contributed by atoms with Gasteiger partial charge < -0.3 is 32.5 Å². The third-order valence-corrected chi connectivity index (χ3v) is 8.26. The zero-order chi connectivity index (χ0) is 17.7. The molecule has 148 valence electrons. The standard InChI is InChI=1S/C21H27NO4.ClH/c23-14-5-4-13-10-16-21(25)7-6-15(24)19-20(21,17(13)18(14)26-19)8-9-22(16)11-12-2-1-3-12;/h4-5,12,15-16,19,23-25H,1-3,6-11H2;1H/p-1/t15-,16+,19?,20-,21+;/m0./s1. The predicted molar refractivity (Wildman–Crippen MR) is 95.4 cm³/mol. The van der Waals surface area contributed by atoms with Gasteiger partial charge in [-0.1, -0.05) is 12.5 Å². The quantitative estimate of drug-likeness (QED) is 0.584. The molecule has 2 heterocycles. The molecule has 2 saturated carbocycles. The van der Waals surface area contributed by atoms with E-state index in [1.54, 1.807) is 6.07 Å². The molecule has 0 aromatic heterocycles. The Kier molecular flexibility index (Phi) is 3.85. The highest BCUT2D eigenvalue weighted by Crippen LogP contribution is 2.65. The molecule has 2 bridgehead atoms. The number of likely N-dealkylation sites (tertiary alicyclic amines) is 1. The molecule has 5 nitrogen and oxygen atoms in total. The van der Waals surface area contributed by atoms with Crippen molar-refractivity contribution in [2.45, 2.75) is 74.2 Å². The molecule has 3 aliphatic carbocycles. The van der Waals surface area contributed by atoms with Crippen LogP contribution in [0.15, 0.2) is 12.1 Å². The number of aromatic hydroxyl groups is 1. The van der Waals surface area contributed by atoms with Gasteiger partial charge in [-0.15, -0.1) is 0 Å². The number of benzene rings is 1. The van der Waals surface area contributed by atoms with E-state index in [9.17, 15) is 15.3 Å². The van der Waals surface area contributed by atoms with Crippen molar-refractivity contribution < 1.29 is 32.5 Å². The van der Waals surface area contributed by atoms with Crippen LogP contribution in [0.5, 0.6) is 11.5 Å². The molecule has 3 fully saturated rings. The molecular weight excluding hydrogens is 366 g/mol. The summed E-state index contributed by atoms with van der Waals surface area (Å²) in [5.41, 5.74) is 0.712. The summed E-state index contributed by atoms with van der Waals surface area (Å²) in [5.74, 6) is 1.42. The van der Waals surface area contributed by atoms with E-state index in [1.165, 1.54) is 24.8 Å². The Morgan fingerprint density at radius 1 is 1.19 bits per heavy atom. The minimum atomic E-state index is -0.884. The maximum atomic E-state index is 12.1. The van der Waals surface area contributed by atoms with E-state index in [0.29, 0.717) is 18.6 Å². The number of rotatable bonds is 2. The van der Waals surface area contributed by atoms with E-state index in [4.69, 9.17) is 4.74 Å². The SMILES string of the molecule is Oc1ccc2c3c1OC1[C@@H](O)CC[C@@]4(O)[C@@H](C2)N(CC2CCC2)CC[C@]314.[Cl-]. The summed E-state index contributed by atoms with van der Waals surface area (Å²) < 4.78 is 6.16. The van der Waals surface area contributed by atoms with Gasteiger partial charge in [0.15, 0.2) is 11.5 Å². The summed E-state index contributed by atoms with van der Waals surface area (Å²) in [5, 5.41) is 33.2. The van der Waals surface area contributed by atoms with Crippen LogP contribution >= 0.6 is 0 Å². The maximum absolute atomic E-state index is 12.1. The second kappa shape index (κ2) is 5.76. The van der Waals surface area contributed by atoms with Crippen molar-refractivity contribution in [3.8, 4) is 11.5 Å². The molecule has 0 amide bonds. The average Bonchev–Trinajstić information content (AvgIpc) is 2.93. The Bertz CT molecular complexity index is 784. The molecule has 5 aliphatic rings. The van der Waals surface area contributed by atoms with Gasteiger partial charge in [0.05, 0.1) is 17.1 Å². The lowest BCUT2D eigenvalue weighted by molar-refractivity contribution is -0.209. The second-order valence-corrected chi connectivity index (χ2v) is 9.25. The van der Waals surface area contributed by atoms with E-state index >= 15 is 0 Å². The number of hydrogen-bond donors (Lipinski definition) is 3. The average molecular weight is 393 g/mol. The molecule has 1 aromatic carbocycles. The normalized spacial score (nSPS) is 41.9. The monoisotopic (exact) mass is 392 g/mol. The molecule has 6 heteroatoms. The van der Waals surface area contributed by atoms with Gasteiger partial charge in [0, 0.05) is 18.2 Å². The lowest BCUT2D eigenvalue weighted by Gasteiger charge is -2.64. The van der Waals surface area contributed by atoms with Crippen molar-refractivity contribution in [1.82, 2.24) is 4.90 Å². The van der Waals surface area contributed by atoms with Gasteiger partial charge in [0.1, 0.15) is 6.10 Å². The number of phenols is 1. The van der Waals surface area contributed by atoms with E-state index in [0.717, 1.165) is 37.4 Å². The third-order valence-electron chi connectivity index (χ3n) is 8.26. The lowest BCUT2D eigenvalue weighted by atomic mass is 9.48. The molecule has 1 spiro atoms. The molecule has 27 heavy (non-hydrogen) atoms. The van der Waals surface area contributed by atoms with Crippen molar-refractivity contribution in [3.63, 3.8) is 0 Å². The highest BCUT2D eigenvalue weighted by Gasteiger charge is 2.72. The van der Waals surface area contributed by atoms with Gasteiger partial charge in [0.25, 0.3) is 0 Å². The fourth-order valence-electron chi connectivity index (χ4n) is 6.83. The molecule has 2 aliphatic heterocycles. The highest BCUT2D eigenvalue weighted by molar-refractivity contribution is 5.62. The van der Waals surface area contributed by atoms with Crippen LogP contribution < -0.4 is 17.1 Å². The van der Waals surface area contributed by atoms with Gasteiger partial charge in [-0.2, -0.15) is 0 Å². The Hall–Kier alpha value is -1.01. The van der Waals surface area contributed by atoms with Crippen LogP contribution in [0.4, 0.5) is 0 Å². The second-order valence-electron chi connectivity index (χ2n) is 9.25. The number of aliphatic hydroxyl groups is 2. The summed E-state index contributed by atoms with van der Waals surface area (Å²) in [6.45, 7) is 2.02. The van der Waals surface area contributed by atoms with Crippen molar-refractivity contribution in [2.75, 3.05) is 13.1 Å². The highest BCUT2D eigenvalue weighted by atomic mass is 35.5. The fourth-order valence-corrected chi connectivity index (χ4v) is 6.83. The Morgan fingerprint density at radius 3 is 2.74 bits per heavy atom. The van der Waals surface area contributed by atoms with Crippen molar-refractivity contribution in [3.05, 3.63) is 23.3 Å². The molecule has 5 atom stereocenters. The largest absolute Gasteiger partial charge is 1.00 e. The van der Waals surface area contributed by atoms with E-state index in [1.807, 2.05) is 6.07 Å². The first-order valence-corrected chi connectivity index (χ1v) is 10.2. The van der Waals surface area contributed by atoms with E-state index < -0.39 is 23.2 Å². The van der Waals surface area contributed by atoms with Crippen LogP contribution in [0.1, 0.15) is 49.7 Å². The minimum Gasteiger partial charge on any atom is -1.00 e. The van der Waals surface area contributed by atoms with Crippen molar-refractivity contribution >= 4 is 0 Å². The molecular formula is C21H27ClNO4-. The summed E-state index contributed by atoms with van der Waals surface area (Å²) >= 11 is 0. The van der Waals surface area contributed by atoms with E-state index in [2.05, 4.69) is 4.90 Å². The number of aliphatic hydroxyl groups excluding tert-OH is 1. The van der Waals surface area contributed by atoms with Gasteiger partial charge in [0.2, 0.25) is 0 Å². The molecule has 1 aromatic rings. The zero-order valence-corrected chi connectivity index (χ0v) is 16.2. The summed E-state index contributed by atoms with van der Waals surface area (Å²) in [7, 11) is 0. The number of phenolic OH excluding ortho intramolecular Hbond substituents is 1. The van der Waals surface area contributed by atoms with Crippen LogP contribution in [-0.4, -0.2) is 57.2 Å². The number of ether oxygens (including phenoxy) is 1. The molecule has 3 N–H and O–H groups in total. The summed E-state index contributed by atoms with van der Waals surface area (Å²) in [6.07, 6.45) is 5.68. The van der Waals surface area contributed by atoms with Crippen molar-refractivity contribution in [1.29, 1.82) is 0 Å². The van der Waals surface area contributed by atoms with Crippen LogP contribution in [0.2, 0.25) is 0 Å². The molecule has 6 rings (SSSR count). The predicted octanol–water partition coefficient (Wildman–Crippen LogP) is -1.29. The first kappa shape index (κ1) is 18.0. The van der Waals surface area contributed by atoms with Crippen LogP contribution in [-0.2, 0) is 11.8 Å². The number of hydrogen-bond acceptors (Lipinski definition) is 5. The van der Waals surface area contributed by atoms with E-state index in [-0.39, 0.29) is 24.2 Å². The van der Waals surface area contributed by atoms with Crippen LogP contribution in [0.25, 0.3) is 0 Å². The van der Waals surface area contributed by atoms with Gasteiger partial charge >= 0.3 is 0 Å². The van der Waals surface area contributed by atoms with Crippen LogP contribution in [0, 0.1) is 5.92 Å². The third kappa shape index (κ3) is 2.01. The fraction of sp³-hybridized carbons (Fsp3) is 0.714. The Balaban J connectivity index is 0.00000160. The first-order chi connectivity index (χ1) is 12.5. The zero-order valence-electron chi connectivity index (χ0n) is 15.4. The maximum Gasteiger partial charge on any atom is 0.165 e. The van der Waals surface area contributed by atoms with Gasteiger partial charge in [-0.25, -0.2) is 0 Å². The topological polar surface area (TPSA) is 73.2 Å². The molecule has 1 saturated heterocycles. The summed E-state index contributed by atoms with van der Waals surface area (Å²) in [4.78, 5) is 2.53. The van der Waals surface area contributed by atoms with Crippen molar-refractivity contribution in [2.24, 2.45) is 5.92 Å². The molecule has 0 radical (unpaired) electrons. The van der Waals surface area contributed by atoms with Gasteiger partial charge in [-0.3, -0.25) is 4.90 Å². The lowest BCUT2D eigenvalue weighted by Crippen LogP contribution is -3.00. The number of halogens is 1. The first-order valence-electron chi connectivity index (χ1n) is 10.2.